The highest BCUT2D eigenvalue weighted by atomic mass is 32.2. The van der Waals surface area contributed by atoms with Crippen molar-refractivity contribution in [2.75, 3.05) is 13.2 Å². The number of sulfonamides is 1. The molecule has 6 nitrogen and oxygen atoms in total. The number of hydrogen-bond donors (Lipinski definition) is 2. The van der Waals surface area contributed by atoms with E-state index >= 15 is 0 Å². The first-order valence-corrected chi connectivity index (χ1v) is 11.5. The van der Waals surface area contributed by atoms with Gasteiger partial charge in [0.2, 0.25) is 10.0 Å². The van der Waals surface area contributed by atoms with E-state index in [4.69, 9.17) is 9.88 Å². The summed E-state index contributed by atoms with van der Waals surface area (Å²) in [6, 6.07) is 19.5. The molecule has 1 amide bonds. The summed E-state index contributed by atoms with van der Waals surface area (Å²) in [5.41, 5.74) is 4.72. The van der Waals surface area contributed by atoms with Gasteiger partial charge in [-0.1, -0.05) is 66.7 Å². The molecule has 0 unspecified atom stereocenters. The maximum absolute atomic E-state index is 14.0. The Kier molecular flexibility index (Phi) is 6.07. The minimum absolute atomic E-state index is 0.0323. The summed E-state index contributed by atoms with van der Waals surface area (Å²) in [7, 11) is -3.97. The number of hydrogen-bond acceptors (Lipinski definition) is 4. The molecule has 0 aliphatic heterocycles. The molecule has 3 aromatic carbocycles. The van der Waals surface area contributed by atoms with Crippen LogP contribution in [0.4, 0.5) is 9.18 Å². The third kappa shape index (κ3) is 4.56. The van der Waals surface area contributed by atoms with E-state index in [1.807, 2.05) is 36.4 Å². The van der Waals surface area contributed by atoms with Crippen LogP contribution < -0.4 is 10.5 Å². The lowest BCUT2D eigenvalue weighted by atomic mass is 9.98. The van der Waals surface area contributed by atoms with Gasteiger partial charge < -0.3 is 10.1 Å². The third-order valence-electron chi connectivity index (χ3n) is 5.31. The van der Waals surface area contributed by atoms with Crippen LogP contribution in [0.1, 0.15) is 22.6 Å². The molecule has 0 aromatic heterocycles. The van der Waals surface area contributed by atoms with Crippen LogP contribution in [0, 0.1) is 5.82 Å². The number of ether oxygens (including phenoxy) is 1. The van der Waals surface area contributed by atoms with E-state index < -0.39 is 21.9 Å². The van der Waals surface area contributed by atoms with Gasteiger partial charge in [0.25, 0.3) is 0 Å². The minimum atomic E-state index is -3.97. The number of carbonyl (C=O) groups is 1. The largest absolute Gasteiger partial charge is 0.449 e. The van der Waals surface area contributed by atoms with Crippen molar-refractivity contribution in [2.45, 2.75) is 10.8 Å². The maximum atomic E-state index is 14.0. The van der Waals surface area contributed by atoms with E-state index in [0.717, 1.165) is 28.3 Å². The number of nitrogens with two attached hydrogens (primary N) is 1. The molecule has 1 aliphatic rings. The highest BCUT2D eigenvalue weighted by Gasteiger charge is 2.28. The number of rotatable bonds is 6. The summed E-state index contributed by atoms with van der Waals surface area (Å²) in [6.45, 7) is 0.320. The molecule has 0 radical (unpaired) electrons. The Bertz CT molecular complexity index is 1260. The summed E-state index contributed by atoms with van der Waals surface area (Å²) >= 11 is 0. The summed E-state index contributed by atoms with van der Waals surface area (Å²) in [6.07, 6.45) is 2.39. The van der Waals surface area contributed by atoms with Gasteiger partial charge in [0.05, 0.1) is 4.90 Å². The predicted molar refractivity (Wildman–Crippen MR) is 120 cm³/mol. The number of amides is 1. The Hall–Kier alpha value is -3.49. The van der Waals surface area contributed by atoms with Crippen LogP contribution >= 0.6 is 0 Å². The van der Waals surface area contributed by atoms with Gasteiger partial charge in [-0.15, -0.1) is 0 Å². The van der Waals surface area contributed by atoms with Gasteiger partial charge in [0, 0.05) is 18.0 Å². The predicted octanol–water partition coefficient (Wildman–Crippen LogP) is 4.03. The summed E-state index contributed by atoms with van der Waals surface area (Å²) < 4.78 is 42.0. The lowest BCUT2D eigenvalue weighted by Gasteiger charge is -2.14. The van der Waals surface area contributed by atoms with Gasteiger partial charge in [-0.25, -0.2) is 22.7 Å². The lowest BCUT2D eigenvalue weighted by molar-refractivity contribution is 0.144. The standard InChI is InChI=1S/C24H21FN2O4S/c25-23-14-17(32(26,29)30)12-11-16(23)6-5-13-27-24(28)31-15-22-20-9-3-1-7-18(20)19-8-2-4-10-21(19)22/h1-12,14,22H,13,15H2,(H,27,28)(H2,26,29,30). The highest BCUT2D eigenvalue weighted by Crippen LogP contribution is 2.44. The number of halogens is 1. The van der Waals surface area contributed by atoms with Gasteiger partial charge in [-0.3, -0.25) is 0 Å². The van der Waals surface area contributed by atoms with Gasteiger partial charge in [0.15, 0.2) is 0 Å². The Morgan fingerprint density at radius 1 is 1.03 bits per heavy atom. The first kappa shape index (κ1) is 21.7. The van der Waals surface area contributed by atoms with Crippen LogP contribution in [0.15, 0.2) is 77.7 Å². The molecule has 3 aromatic rings. The average molecular weight is 453 g/mol. The van der Waals surface area contributed by atoms with E-state index in [0.29, 0.717) is 0 Å². The second-order valence-corrected chi connectivity index (χ2v) is 8.90. The van der Waals surface area contributed by atoms with Crippen LogP contribution in [0.2, 0.25) is 0 Å². The SMILES string of the molecule is NS(=O)(=O)c1ccc(C=CCNC(=O)OCC2c3ccccc3-c3ccccc32)c(F)c1. The Morgan fingerprint density at radius 2 is 1.66 bits per heavy atom. The molecule has 3 N–H and O–H groups in total. The maximum Gasteiger partial charge on any atom is 0.407 e. The van der Waals surface area contributed by atoms with Crippen LogP contribution in [0.5, 0.6) is 0 Å². The van der Waals surface area contributed by atoms with E-state index in [1.54, 1.807) is 0 Å². The minimum Gasteiger partial charge on any atom is -0.449 e. The van der Waals surface area contributed by atoms with E-state index in [9.17, 15) is 17.6 Å². The first-order chi connectivity index (χ1) is 15.3. The fourth-order valence-corrected chi connectivity index (χ4v) is 4.32. The molecule has 32 heavy (non-hydrogen) atoms. The zero-order valence-corrected chi connectivity index (χ0v) is 17.8. The van der Waals surface area contributed by atoms with Crippen molar-refractivity contribution in [1.29, 1.82) is 0 Å². The third-order valence-corrected chi connectivity index (χ3v) is 6.22. The van der Waals surface area contributed by atoms with E-state index in [1.165, 1.54) is 24.3 Å². The molecule has 0 spiro atoms. The summed E-state index contributed by atoms with van der Waals surface area (Å²) in [5, 5.41) is 7.58. The Labute approximate surface area is 185 Å². The summed E-state index contributed by atoms with van der Waals surface area (Å²) in [5.74, 6) is -0.760. The van der Waals surface area contributed by atoms with Crippen molar-refractivity contribution in [3.05, 3.63) is 95.3 Å². The molecule has 0 saturated carbocycles. The second kappa shape index (κ2) is 8.94. The molecule has 0 fully saturated rings. The van der Waals surface area contributed by atoms with Gasteiger partial charge in [0.1, 0.15) is 12.4 Å². The van der Waals surface area contributed by atoms with E-state index in [2.05, 4.69) is 17.4 Å². The lowest BCUT2D eigenvalue weighted by Crippen LogP contribution is -2.26. The van der Waals surface area contributed by atoms with Crippen molar-refractivity contribution >= 4 is 22.2 Å². The second-order valence-electron chi connectivity index (χ2n) is 7.34. The molecule has 0 saturated heterocycles. The monoisotopic (exact) mass is 452 g/mol. The molecule has 8 heteroatoms. The topological polar surface area (TPSA) is 98.5 Å². The van der Waals surface area contributed by atoms with E-state index in [-0.39, 0.29) is 29.5 Å². The fraction of sp³-hybridized carbons (Fsp3) is 0.125. The van der Waals surface area contributed by atoms with Crippen molar-refractivity contribution in [3.8, 4) is 11.1 Å². The van der Waals surface area contributed by atoms with Crippen LogP contribution in [-0.4, -0.2) is 27.7 Å². The number of benzene rings is 3. The smallest absolute Gasteiger partial charge is 0.407 e. The molecule has 4 rings (SSSR count). The van der Waals surface area contributed by atoms with Crippen molar-refractivity contribution < 1.29 is 22.3 Å². The van der Waals surface area contributed by atoms with Crippen LogP contribution in [0.25, 0.3) is 17.2 Å². The van der Waals surface area contributed by atoms with Crippen molar-refractivity contribution in [3.63, 3.8) is 0 Å². The number of alkyl carbamates (subject to hydrolysis) is 1. The normalized spacial score (nSPS) is 13.1. The van der Waals surface area contributed by atoms with Crippen molar-refractivity contribution in [1.82, 2.24) is 5.32 Å². The van der Waals surface area contributed by atoms with Gasteiger partial charge in [-0.05, 0) is 34.4 Å². The fourth-order valence-electron chi connectivity index (χ4n) is 3.80. The Balaban J connectivity index is 1.33. The zero-order chi connectivity index (χ0) is 22.7. The first-order valence-electron chi connectivity index (χ1n) is 9.92. The molecular weight excluding hydrogens is 431 g/mol. The molecular formula is C24H21FN2O4S. The molecule has 0 atom stereocenters. The molecule has 0 bridgehead atoms. The van der Waals surface area contributed by atoms with Gasteiger partial charge >= 0.3 is 6.09 Å². The molecule has 164 valence electrons. The number of carbonyl (C=O) groups excluding carboxylic acids is 1. The van der Waals surface area contributed by atoms with Crippen LogP contribution in [0.3, 0.4) is 0 Å². The van der Waals surface area contributed by atoms with Crippen molar-refractivity contribution in [2.24, 2.45) is 5.14 Å². The molecule has 1 aliphatic carbocycles. The summed E-state index contributed by atoms with van der Waals surface area (Å²) in [4.78, 5) is 11.8. The van der Waals surface area contributed by atoms with Crippen LogP contribution in [-0.2, 0) is 14.8 Å². The molecule has 0 heterocycles. The number of fused-ring (bicyclic) bond motifs is 3. The average Bonchev–Trinajstić information content (AvgIpc) is 3.09. The van der Waals surface area contributed by atoms with Gasteiger partial charge in [-0.2, -0.15) is 0 Å². The quantitative estimate of drug-likeness (QED) is 0.590. The highest BCUT2D eigenvalue weighted by molar-refractivity contribution is 7.89. The number of nitrogens with one attached hydrogen (secondary N) is 1. The number of primary sulfonamides is 1. The zero-order valence-electron chi connectivity index (χ0n) is 17.0. The Morgan fingerprint density at radius 3 is 2.25 bits per heavy atom.